The molecule has 0 unspecified atom stereocenters. The van der Waals surface area contributed by atoms with Gasteiger partial charge in [-0.25, -0.2) is 0 Å². The predicted octanol–water partition coefficient (Wildman–Crippen LogP) is 2.24. The molecule has 0 saturated carbocycles. The second kappa shape index (κ2) is 6.89. The molecule has 0 aliphatic carbocycles. The van der Waals surface area contributed by atoms with Crippen molar-refractivity contribution in [1.82, 2.24) is 10.2 Å². The average molecular weight is 273 g/mol. The Morgan fingerprint density at radius 2 is 2.18 bits per heavy atom. The van der Waals surface area contributed by atoms with Crippen molar-refractivity contribution in [2.75, 3.05) is 26.9 Å². The minimum absolute atomic E-state index is 0.0883. The van der Waals surface area contributed by atoms with Gasteiger partial charge < -0.3 is 10.2 Å². The molecular weight excluding hydrogens is 256 g/mol. The van der Waals surface area contributed by atoms with Gasteiger partial charge in [-0.1, -0.05) is 17.7 Å². The summed E-state index contributed by atoms with van der Waals surface area (Å²) >= 11 is 7.62. The fourth-order valence-electron chi connectivity index (χ4n) is 1.24. The third kappa shape index (κ3) is 4.58. The van der Waals surface area contributed by atoms with E-state index in [1.54, 1.807) is 19.0 Å². The molecular formula is C12H17ClN2OS. The van der Waals surface area contributed by atoms with E-state index in [1.807, 2.05) is 25.2 Å². The van der Waals surface area contributed by atoms with E-state index in [-0.39, 0.29) is 5.91 Å². The molecule has 0 fully saturated rings. The van der Waals surface area contributed by atoms with Crippen LogP contribution in [0.25, 0.3) is 0 Å². The van der Waals surface area contributed by atoms with Crippen LogP contribution in [0.15, 0.2) is 23.1 Å². The number of carbonyl (C=O) groups excluding carboxylic acids is 1. The molecule has 0 spiro atoms. The van der Waals surface area contributed by atoms with Gasteiger partial charge in [0.1, 0.15) is 0 Å². The topological polar surface area (TPSA) is 32.3 Å². The lowest BCUT2D eigenvalue weighted by molar-refractivity contribution is -0.125. The summed E-state index contributed by atoms with van der Waals surface area (Å²) < 4.78 is 0. The summed E-state index contributed by atoms with van der Waals surface area (Å²) in [5, 5.41) is 3.77. The number of rotatable bonds is 5. The second-order valence-electron chi connectivity index (χ2n) is 3.87. The normalized spacial score (nSPS) is 10.4. The minimum Gasteiger partial charge on any atom is -0.348 e. The first kappa shape index (κ1) is 14.4. The van der Waals surface area contributed by atoms with Gasteiger partial charge in [0.15, 0.2) is 0 Å². The molecule has 1 N–H and O–H groups in total. The van der Waals surface area contributed by atoms with E-state index in [0.717, 1.165) is 17.0 Å². The van der Waals surface area contributed by atoms with Crippen molar-refractivity contribution < 1.29 is 4.79 Å². The molecule has 0 aromatic heterocycles. The summed E-state index contributed by atoms with van der Waals surface area (Å²) in [5.41, 5.74) is 1.14. The van der Waals surface area contributed by atoms with Crippen LogP contribution in [-0.4, -0.2) is 37.7 Å². The molecule has 0 aliphatic rings. The molecule has 1 aromatic rings. The van der Waals surface area contributed by atoms with Crippen LogP contribution >= 0.6 is 23.4 Å². The molecule has 3 nitrogen and oxygen atoms in total. The molecule has 0 bridgehead atoms. The highest BCUT2D eigenvalue weighted by molar-refractivity contribution is 8.00. The standard InChI is InChI=1S/C12H17ClN2OS/c1-14-7-9-4-5-11(10(13)6-9)17-8-12(16)15(2)3/h4-6,14H,7-8H2,1-3H3. The molecule has 5 heteroatoms. The number of benzene rings is 1. The van der Waals surface area contributed by atoms with Crippen LogP contribution in [-0.2, 0) is 11.3 Å². The molecule has 1 amide bonds. The van der Waals surface area contributed by atoms with E-state index in [1.165, 1.54) is 11.8 Å². The van der Waals surface area contributed by atoms with E-state index in [2.05, 4.69) is 5.32 Å². The Balaban J connectivity index is 2.63. The number of hydrogen-bond donors (Lipinski definition) is 1. The minimum atomic E-state index is 0.0883. The highest BCUT2D eigenvalue weighted by atomic mass is 35.5. The molecule has 1 rings (SSSR count). The van der Waals surface area contributed by atoms with Crippen molar-refractivity contribution in [3.8, 4) is 0 Å². The molecule has 0 saturated heterocycles. The fraction of sp³-hybridized carbons (Fsp3) is 0.417. The van der Waals surface area contributed by atoms with Crippen molar-refractivity contribution in [2.45, 2.75) is 11.4 Å². The van der Waals surface area contributed by atoms with Crippen molar-refractivity contribution in [3.05, 3.63) is 28.8 Å². The molecule has 1 aromatic carbocycles. The van der Waals surface area contributed by atoms with Gasteiger partial charge in [-0.05, 0) is 24.7 Å². The highest BCUT2D eigenvalue weighted by Crippen LogP contribution is 2.28. The summed E-state index contributed by atoms with van der Waals surface area (Å²) in [5.74, 6) is 0.503. The number of nitrogens with one attached hydrogen (secondary N) is 1. The maximum absolute atomic E-state index is 11.4. The summed E-state index contributed by atoms with van der Waals surface area (Å²) in [6.45, 7) is 0.793. The number of amides is 1. The summed E-state index contributed by atoms with van der Waals surface area (Å²) in [4.78, 5) is 14.0. The summed E-state index contributed by atoms with van der Waals surface area (Å²) in [6.07, 6.45) is 0. The Kier molecular flexibility index (Phi) is 5.82. The van der Waals surface area contributed by atoms with Crippen LogP contribution in [0.4, 0.5) is 0 Å². The van der Waals surface area contributed by atoms with E-state index >= 15 is 0 Å². The molecule has 0 radical (unpaired) electrons. The Bertz CT molecular complexity index is 396. The molecule has 0 aliphatic heterocycles. The fourth-order valence-corrected chi connectivity index (χ4v) is 2.51. The molecule has 0 atom stereocenters. The number of carbonyl (C=O) groups is 1. The lowest BCUT2D eigenvalue weighted by atomic mass is 10.2. The lowest BCUT2D eigenvalue weighted by Gasteiger charge is -2.10. The van der Waals surface area contributed by atoms with E-state index < -0.39 is 0 Å². The van der Waals surface area contributed by atoms with Crippen molar-refractivity contribution in [2.24, 2.45) is 0 Å². The van der Waals surface area contributed by atoms with E-state index in [4.69, 9.17) is 11.6 Å². The Hall–Kier alpha value is -0.710. The van der Waals surface area contributed by atoms with Crippen molar-refractivity contribution in [3.63, 3.8) is 0 Å². The summed E-state index contributed by atoms with van der Waals surface area (Å²) in [6, 6.07) is 5.91. The monoisotopic (exact) mass is 272 g/mol. The van der Waals surface area contributed by atoms with E-state index in [0.29, 0.717) is 10.8 Å². The Morgan fingerprint density at radius 1 is 1.47 bits per heavy atom. The zero-order chi connectivity index (χ0) is 12.8. The van der Waals surface area contributed by atoms with Crippen LogP contribution in [0, 0.1) is 0 Å². The highest BCUT2D eigenvalue weighted by Gasteiger charge is 2.07. The van der Waals surface area contributed by atoms with Gasteiger partial charge in [-0.2, -0.15) is 0 Å². The zero-order valence-corrected chi connectivity index (χ0v) is 11.9. The third-order valence-corrected chi connectivity index (χ3v) is 3.71. The second-order valence-corrected chi connectivity index (χ2v) is 5.30. The first-order chi connectivity index (χ1) is 8.04. The number of hydrogen-bond acceptors (Lipinski definition) is 3. The van der Waals surface area contributed by atoms with Crippen LogP contribution in [0.1, 0.15) is 5.56 Å². The Labute approximate surface area is 112 Å². The van der Waals surface area contributed by atoms with Crippen molar-refractivity contribution in [1.29, 1.82) is 0 Å². The molecule has 0 heterocycles. The van der Waals surface area contributed by atoms with Gasteiger partial charge in [0.05, 0.1) is 10.8 Å². The predicted molar refractivity (Wildman–Crippen MR) is 73.6 cm³/mol. The summed E-state index contributed by atoms with van der Waals surface area (Å²) in [7, 11) is 5.40. The van der Waals surface area contributed by atoms with Crippen LogP contribution in [0.5, 0.6) is 0 Å². The Morgan fingerprint density at radius 3 is 2.71 bits per heavy atom. The zero-order valence-electron chi connectivity index (χ0n) is 10.3. The lowest BCUT2D eigenvalue weighted by Crippen LogP contribution is -2.23. The van der Waals surface area contributed by atoms with Crippen molar-refractivity contribution >= 4 is 29.3 Å². The smallest absolute Gasteiger partial charge is 0.232 e. The van der Waals surface area contributed by atoms with Gasteiger partial charge in [-0.15, -0.1) is 11.8 Å². The van der Waals surface area contributed by atoms with E-state index in [9.17, 15) is 4.79 Å². The van der Waals surface area contributed by atoms with Crippen LogP contribution in [0.2, 0.25) is 5.02 Å². The number of nitrogens with zero attached hydrogens (tertiary/aromatic N) is 1. The first-order valence-electron chi connectivity index (χ1n) is 5.30. The van der Waals surface area contributed by atoms with Gasteiger partial charge in [-0.3, -0.25) is 4.79 Å². The third-order valence-electron chi connectivity index (χ3n) is 2.23. The van der Waals surface area contributed by atoms with Gasteiger partial charge in [0.25, 0.3) is 0 Å². The molecule has 94 valence electrons. The molecule has 17 heavy (non-hydrogen) atoms. The maximum Gasteiger partial charge on any atom is 0.232 e. The van der Waals surface area contributed by atoms with Gasteiger partial charge in [0.2, 0.25) is 5.91 Å². The number of halogens is 1. The van der Waals surface area contributed by atoms with Gasteiger partial charge in [0, 0.05) is 25.5 Å². The van der Waals surface area contributed by atoms with Crippen LogP contribution < -0.4 is 5.32 Å². The largest absolute Gasteiger partial charge is 0.348 e. The van der Waals surface area contributed by atoms with Crippen LogP contribution in [0.3, 0.4) is 0 Å². The maximum atomic E-state index is 11.4. The van der Waals surface area contributed by atoms with Gasteiger partial charge >= 0.3 is 0 Å². The average Bonchev–Trinajstić information content (AvgIpc) is 2.27. The quantitative estimate of drug-likeness (QED) is 0.835. The first-order valence-corrected chi connectivity index (χ1v) is 6.67. The SMILES string of the molecule is CNCc1ccc(SCC(=O)N(C)C)c(Cl)c1. The number of thioether (sulfide) groups is 1.